The minimum atomic E-state index is 0.0370. The first-order valence-corrected chi connectivity index (χ1v) is 9.17. The van der Waals surface area contributed by atoms with E-state index in [4.69, 9.17) is 0 Å². The van der Waals surface area contributed by atoms with Crippen molar-refractivity contribution in [2.75, 3.05) is 19.6 Å². The van der Waals surface area contributed by atoms with Crippen molar-refractivity contribution in [3.63, 3.8) is 0 Å². The van der Waals surface area contributed by atoms with Gasteiger partial charge in [0.1, 0.15) is 0 Å². The van der Waals surface area contributed by atoms with Crippen LogP contribution in [0.2, 0.25) is 0 Å². The van der Waals surface area contributed by atoms with Crippen LogP contribution < -0.4 is 11.1 Å². The lowest BCUT2D eigenvalue weighted by atomic mass is 9.96. The summed E-state index contributed by atoms with van der Waals surface area (Å²) in [5.74, 6) is 0.472. The van der Waals surface area contributed by atoms with Crippen molar-refractivity contribution in [1.29, 1.82) is 0 Å². The molecule has 1 aliphatic carbocycles. The van der Waals surface area contributed by atoms with Crippen molar-refractivity contribution >= 4 is 0 Å². The fourth-order valence-electron chi connectivity index (χ4n) is 3.85. The number of likely N-dealkylation sites (tertiary alicyclic amines) is 1. The lowest BCUT2D eigenvalue weighted by Gasteiger charge is -2.39. The van der Waals surface area contributed by atoms with Gasteiger partial charge in [-0.2, -0.15) is 5.10 Å². The summed E-state index contributed by atoms with van der Waals surface area (Å²) in [4.78, 5) is 26.3. The third-order valence-electron chi connectivity index (χ3n) is 5.29. The van der Waals surface area contributed by atoms with Crippen LogP contribution in [-0.2, 0) is 25.9 Å². The molecule has 1 saturated heterocycles. The lowest BCUT2D eigenvalue weighted by molar-refractivity contribution is 0.0800. The fraction of sp³-hybridized carbons (Fsp3) is 0.526. The van der Waals surface area contributed by atoms with Gasteiger partial charge in [-0.25, -0.2) is 4.68 Å². The quantitative estimate of drug-likeness (QED) is 0.812. The summed E-state index contributed by atoms with van der Waals surface area (Å²) in [5.41, 5.74) is 2.35. The van der Waals surface area contributed by atoms with Gasteiger partial charge in [0.05, 0.1) is 12.2 Å². The summed E-state index contributed by atoms with van der Waals surface area (Å²) in [6, 6.07) is 7.03. The largest absolute Gasteiger partial charge is 0.314 e. The zero-order valence-corrected chi connectivity index (χ0v) is 14.4. The Morgan fingerprint density at radius 3 is 2.72 bits per heavy atom. The maximum Gasteiger partial charge on any atom is 0.267 e. The number of rotatable bonds is 5. The molecule has 132 valence electrons. The standard InChI is InChI=1S/C19H24N4O2/c24-18-7-3-4-8-22(18)10-9-21-12-15(13-21)14-23-19(25)11-16-5-1-2-6-17(16)20-23/h3-4,7-8,11,15H,1-2,5-6,9-10,12-14H2. The van der Waals surface area contributed by atoms with E-state index < -0.39 is 0 Å². The molecular formula is C19H24N4O2. The van der Waals surface area contributed by atoms with Crippen LogP contribution in [0.25, 0.3) is 0 Å². The number of hydrogen-bond donors (Lipinski definition) is 0. The number of hydrogen-bond acceptors (Lipinski definition) is 4. The highest BCUT2D eigenvalue weighted by molar-refractivity contribution is 5.20. The predicted octanol–water partition coefficient (Wildman–Crippen LogP) is 0.916. The average Bonchev–Trinajstić information content (AvgIpc) is 2.58. The van der Waals surface area contributed by atoms with Crippen molar-refractivity contribution in [2.24, 2.45) is 5.92 Å². The number of nitrogens with zero attached hydrogens (tertiary/aromatic N) is 4. The molecule has 1 aliphatic heterocycles. The van der Waals surface area contributed by atoms with Crippen LogP contribution in [0.5, 0.6) is 0 Å². The molecular weight excluding hydrogens is 316 g/mol. The monoisotopic (exact) mass is 340 g/mol. The number of aromatic nitrogens is 3. The molecule has 2 aromatic rings. The van der Waals surface area contributed by atoms with Crippen molar-refractivity contribution in [1.82, 2.24) is 19.2 Å². The Bertz CT molecular complexity index is 864. The first kappa shape index (κ1) is 16.3. The van der Waals surface area contributed by atoms with Gasteiger partial charge >= 0.3 is 0 Å². The van der Waals surface area contributed by atoms with Gasteiger partial charge in [-0.3, -0.25) is 9.59 Å². The Morgan fingerprint density at radius 2 is 1.88 bits per heavy atom. The second kappa shape index (κ2) is 6.96. The van der Waals surface area contributed by atoms with Crippen LogP contribution in [0.3, 0.4) is 0 Å². The molecule has 0 unspecified atom stereocenters. The second-order valence-electron chi connectivity index (χ2n) is 7.20. The van der Waals surface area contributed by atoms with Crippen LogP contribution in [0.4, 0.5) is 0 Å². The zero-order valence-electron chi connectivity index (χ0n) is 14.4. The van der Waals surface area contributed by atoms with Gasteiger partial charge in [0.15, 0.2) is 0 Å². The summed E-state index contributed by atoms with van der Waals surface area (Å²) < 4.78 is 3.40. The zero-order chi connectivity index (χ0) is 17.2. The van der Waals surface area contributed by atoms with E-state index in [2.05, 4.69) is 10.00 Å². The molecule has 4 rings (SSSR count). The molecule has 6 heteroatoms. The fourth-order valence-corrected chi connectivity index (χ4v) is 3.85. The molecule has 3 heterocycles. The van der Waals surface area contributed by atoms with Gasteiger partial charge in [0.25, 0.3) is 11.1 Å². The SMILES string of the molecule is O=c1ccccn1CCN1CC(Cn2nc3c(cc2=O)CCCC3)C1. The van der Waals surface area contributed by atoms with Crippen molar-refractivity contribution in [3.8, 4) is 0 Å². The second-order valence-corrected chi connectivity index (χ2v) is 7.20. The van der Waals surface area contributed by atoms with Gasteiger partial charge in [-0.15, -0.1) is 0 Å². The molecule has 0 N–H and O–H groups in total. The molecule has 0 saturated carbocycles. The molecule has 25 heavy (non-hydrogen) atoms. The topological polar surface area (TPSA) is 60.1 Å². The van der Waals surface area contributed by atoms with E-state index in [1.807, 2.05) is 12.3 Å². The third-order valence-corrected chi connectivity index (χ3v) is 5.29. The minimum absolute atomic E-state index is 0.0370. The average molecular weight is 340 g/mol. The molecule has 2 aliphatic rings. The Morgan fingerprint density at radius 1 is 1.04 bits per heavy atom. The molecule has 2 aromatic heterocycles. The van der Waals surface area contributed by atoms with E-state index in [-0.39, 0.29) is 11.1 Å². The van der Waals surface area contributed by atoms with Gasteiger partial charge < -0.3 is 9.47 Å². The van der Waals surface area contributed by atoms with E-state index in [1.54, 1.807) is 27.4 Å². The highest BCUT2D eigenvalue weighted by atomic mass is 16.1. The highest BCUT2D eigenvalue weighted by Crippen LogP contribution is 2.19. The van der Waals surface area contributed by atoms with Gasteiger partial charge in [-0.05, 0) is 37.3 Å². The summed E-state index contributed by atoms with van der Waals surface area (Å²) in [7, 11) is 0. The van der Waals surface area contributed by atoms with Crippen molar-refractivity contribution < 1.29 is 0 Å². The number of pyridine rings is 1. The number of fused-ring (bicyclic) bond motifs is 1. The molecule has 0 radical (unpaired) electrons. The van der Waals surface area contributed by atoms with Gasteiger partial charge in [0.2, 0.25) is 0 Å². The molecule has 1 fully saturated rings. The normalized spacial score (nSPS) is 17.9. The summed E-state index contributed by atoms with van der Waals surface area (Å²) in [6.07, 6.45) is 6.16. The molecule has 0 spiro atoms. The minimum Gasteiger partial charge on any atom is -0.314 e. The van der Waals surface area contributed by atoms with Crippen LogP contribution in [0.15, 0.2) is 40.1 Å². The van der Waals surface area contributed by atoms with E-state index >= 15 is 0 Å². The molecule has 0 bridgehead atoms. The van der Waals surface area contributed by atoms with E-state index in [9.17, 15) is 9.59 Å². The first-order valence-electron chi connectivity index (χ1n) is 9.17. The van der Waals surface area contributed by atoms with E-state index in [0.717, 1.165) is 43.7 Å². The highest BCUT2D eigenvalue weighted by Gasteiger charge is 2.27. The van der Waals surface area contributed by atoms with Crippen molar-refractivity contribution in [2.45, 2.75) is 38.8 Å². The lowest BCUT2D eigenvalue weighted by Crippen LogP contribution is -2.50. The Hall–Kier alpha value is -2.21. The Kier molecular flexibility index (Phi) is 4.53. The summed E-state index contributed by atoms with van der Waals surface area (Å²) >= 11 is 0. The van der Waals surface area contributed by atoms with E-state index in [1.165, 1.54) is 12.8 Å². The molecule has 6 nitrogen and oxygen atoms in total. The van der Waals surface area contributed by atoms with Gasteiger partial charge in [0, 0.05) is 50.4 Å². The van der Waals surface area contributed by atoms with Crippen LogP contribution in [0.1, 0.15) is 24.1 Å². The third kappa shape index (κ3) is 3.58. The van der Waals surface area contributed by atoms with Crippen LogP contribution >= 0.6 is 0 Å². The molecule has 0 amide bonds. The predicted molar refractivity (Wildman–Crippen MR) is 95.8 cm³/mol. The maximum absolute atomic E-state index is 12.2. The first-order chi connectivity index (χ1) is 12.2. The van der Waals surface area contributed by atoms with Crippen molar-refractivity contribution in [3.05, 3.63) is 62.4 Å². The summed E-state index contributed by atoms with van der Waals surface area (Å²) in [5, 5.41) is 4.61. The maximum atomic E-state index is 12.2. The van der Waals surface area contributed by atoms with E-state index in [0.29, 0.717) is 19.0 Å². The Labute approximate surface area is 146 Å². The Balaban J connectivity index is 1.31. The molecule has 0 aromatic carbocycles. The number of aryl methyl sites for hydroxylation is 2. The van der Waals surface area contributed by atoms with Crippen LogP contribution in [-0.4, -0.2) is 38.9 Å². The summed E-state index contributed by atoms with van der Waals surface area (Å²) in [6.45, 7) is 4.21. The van der Waals surface area contributed by atoms with Crippen LogP contribution in [0, 0.1) is 5.92 Å². The van der Waals surface area contributed by atoms with Gasteiger partial charge in [-0.1, -0.05) is 6.07 Å². The smallest absolute Gasteiger partial charge is 0.267 e. The molecule has 0 atom stereocenters.